The first-order valence-electron chi connectivity index (χ1n) is 4.74. The van der Waals surface area contributed by atoms with E-state index in [1.54, 1.807) is 11.3 Å². The third-order valence-corrected chi connectivity index (χ3v) is 4.62. The molecule has 1 nitrogen and oxygen atoms in total. The number of rotatable bonds is 4. The van der Waals surface area contributed by atoms with E-state index < -0.39 is 0 Å². The molecule has 0 fully saturated rings. The second-order valence-corrected chi connectivity index (χ2v) is 6.36. The van der Waals surface area contributed by atoms with E-state index in [1.165, 1.54) is 4.88 Å². The molecule has 4 heteroatoms. The Kier molecular flexibility index (Phi) is 4.91. The highest BCUT2D eigenvalue weighted by atomic mass is 79.9. The largest absolute Gasteiger partial charge is 0.309 e. The average Bonchev–Trinajstić information content (AvgIpc) is 2.42. The summed E-state index contributed by atoms with van der Waals surface area (Å²) in [5.41, 5.74) is 0. The van der Waals surface area contributed by atoms with Crippen LogP contribution in [-0.2, 0) is 0 Å². The Morgan fingerprint density at radius 1 is 1.57 bits per heavy atom. The predicted octanol–water partition coefficient (Wildman–Crippen LogP) is 4.47. The van der Waals surface area contributed by atoms with E-state index in [2.05, 4.69) is 42.0 Å². The molecule has 1 N–H and O–H groups in total. The summed E-state index contributed by atoms with van der Waals surface area (Å²) in [6, 6.07) is 2.46. The number of halogens is 2. The fourth-order valence-corrected chi connectivity index (χ4v) is 3.40. The Morgan fingerprint density at radius 2 is 2.21 bits per heavy atom. The van der Waals surface area contributed by atoms with E-state index in [1.807, 2.05) is 6.07 Å². The second-order valence-electron chi connectivity index (χ2n) is 3.55. The van der Waals surface area contributed by atoms with Crippen LogP contribution in [0, 0.1) is 5.92 Å². The zero-order valence-corrected chi connectivity index (χ0v) is 11.8. The molecule has 1 heterocycles. The van der Waals surface area contributed by atoms with E-state index in [9.17, 15) is 0 Å². The molecule has 0 aliphatic heterocycles. The minimum atomic E-state index is 0.411. The first kappa shape index (κ1) is 12.5. The number of thiophene rings is 1. The molecule has 0 aromatic carbocycles. The number of hydrogen-bond acceptors (Lipinski definition) is 2. The van der Waals surface area contributed by atoms with Crippen molar-refractivity contribution < 1.29 is 0 Å². The van der Waals surface area contributed by atoms with Gasteiger partial charge in [0.25, 0.3) is 0 Å². The summed E-state index contributed by atoms with van der Waals surface area (Å²) in [6.45, 7) is 7.54. The molecule has 0 aliphatic carbocycles. The molecule has 0 spiro atoms. The summed E-state index contributed by atoms with van der Waals surface area (Å²) in [7, 11) is 0. The summed E-state index contributed by atoms with van der Waals surface area (Å²) in [5.74, 6) is 0.580. The van der Waals surface area contributed by atoms with Gasteiger partial charge in [0.05, 0.1) is 8.81 Å². The highest BCUT2D eigenvalue weighted by molar-refractivity contribution is 9.11. The van der Waals surface area contributed by atoms with Crippen molar-refractivity contribution in [2.75, 3.05) is 6.54 Å². The van der Waals surface area contributed by atoms with Crippen LogP contribution in [0.1, 0.15) is 31.7 Å². The van der Waals surface area contributed by atoms with Gasteiger partial charge >= 0.3 is 0 Å². The maximum atomic E-state index is 6.01. The maximum absolute atomic E-state index is 6.01. The molecule has 1 aromatic rings. The van der Waals surface area contributed by atoms with Crippen LogP contribution in [0.4, 0.5) is 0 Å². The Balaban J connectivity index is 2.87. The summed E-state index contributed by atoms with van der Waals surface area (Å²) < 4.78 is 1.03. The van der Waals surface area contributed by atoms with Crippen LogP contribution < -0.4 is 5.32 Å². The third kappa shape index (κ3) is 2.96. The van der Waals surface area contributed by atoms with E-state index in [-0.39, 0.29) is 0 Å². The third-order valence-electron chi connectivity index (χ3n) is 2.06. The van der Waals surface area contributed by atoms with Gasteiger partial charge in [0, 0.05) is 10.9 Å². The minimum absolute atomic E-state index is 0.411. The van der Waals surface area contributed by atoms with Crippen molar-refractivity contribution >= 4 is 38.9 Å². The highest BCUT2D eigenvalue weighted by Crippen LogP contribution is 2.37. The standard InChI is InChI=1S/C10H15BrClNS/c1-4-13-9(6(2)3)8-5-7(12)10(11)14-8/h5-6,9,13H,4H2,1-3H3. The quantitative estimate of drug-likeness (QED) is 0.864. The van der Waals surface area contributed by atoms with Crippen molar-refractivity contribution in [3.63, 3.8) is 0 Å². The normalized spacial score (nSPS) is 13.6. The molecule has 1 rings (SSSR count). The Morgan fingerprint density at radius 3 is 2.57 bits per heavy atom. The van der Waals surface area contributed by atoms with Gasteiger partial charge in [-0.3, -0.25) is 0 Å². The van der Waals surface area contributed by atoms with Gasteiger partial charge in [-0.25, -0.2) is 0 Å². The van der Waals surface area contributed by atoms with Crippen molar-refractivity contribution in [2.45, 2.75) is 26.8 Å². The molecule has 1 unspecified atom stereocenters. The lowest BCUT2D eigenvalue weighted by atomic mass is 10.0. The zero-order chi connectivity index (χ0) is 10.7. The lowest BCUT2D eigenvalue weighted by Gasteiger charge is -2.20. The van der Waals surface area contributed by atoms with Crippen LogP contribution in [0.25, 0.3) is 0 Å². The van der Waals surface area contributed by atoms with Crippen molar-refractivity contribution in [3.8, 4) is 0 Å². The highest BCUT2D eigenvalue weighted by Gasteiger charge is 2.17. The summed E-state index contributed by atoms with van der Waals surface area (Å²) in [6.07, 6.45) is 0. The molecule has 0 aliphatic rings. The van der Waals surface area contributed by atoms with Crippen LogP contribution in [-0.4, -0.2) is 6.54 Å². The van der Waals surface area contributed by atoms with Gasteiger partial charge in [-0.2, -0.15) is 0 Å². The van der Waals surface area contributed by atoms with Gasteiger partial charge < -0.3 is 5.32 Å². The van der Waals surface area contributed by atoms with Gasteiger partial charge in [0.2, 0.25) is 0 Å². The van der Waals surface area contributed by atoms with Crippen LogP contribution in [0.15, 0.2) is 9.85 Å². The fourth-order valence-electron chi connectivity index (χ4n) is 1.40. The zero-order valence-electron chi connectivity index (χ0n) is 8.60. The molecule has 0 radical (unpaired) electrons. The molecule has 0 bridgehead atoms. The van der Waals surface area contributed by atoms with Gasteiger partial charge in [-0.1, -0.05) is 32.4 Å². The SMILES string of the molecule is CCNC(c1cc(Cl)c(Br)s1)C(C)C. The molecule has 14 heavy (non-hydrogen) atoms. The van der Waals surface area contributed by atoms with E-state index >= 15 is 0 Å². The Labute approximate surface area is 103 Å². The number of nitrogens with one attached hydrogen (secondary N) is 1. The lowest BCUT2D eigenvalue weighted by Crippen LogP contribution is -2.24. The van der Waals surface area contributed by atoms with Crippen molar-refractivity contribution in [3.05, 3.63) is 19.8 Å². The smallest absolute Gasteiger partial charge is 0.0887 e. The number of hydrogen-bond donors (Lipinski definition) is 1. The summed E-state index contributed by atoms with van der Waals surface area (Å²) >= 11 is 11.2. The Bertz CT molecular complexity index is 279. The molecule has 0 saturated carbocycles. The van der Waals surface area contributed by atoms with E-state index in [0.717, 1.165) is 15.4 Å². The fraction of sp³-hybridized carbons (Fsp3) is 0.600. The van der Waals surface area contributed by atoms with Crippen LogP contribution in [0.3, 0.4) is 0 Å². The van der Waals surface area contributed by atoms with Crippen molar-refractivity contribution in [1.29, 1.82) is 0 Å². The van der Waals surface area contributed by atoms with Crippen LogP contribution in [0.5, 0.6) is 0 Å². The Hall–Kier alpha value is 0.430. The average molecular weight is 297 g/mol. The van der Waals surface area contributed by atoms with Gasteiger partial charge in [-0.15, -0.1) is 11.3 Å². The molecule has 0 amide bonds. The summed E-state index contributed by atoms with van der Waals surface area (Å²) in [5, 5.41) is 4.28. The maximum Gasteiger partial charge on any atom is 0.0887 e. The van der Waals surface area contributed by atoms with Crippen molar-refractivity contribution in [2.24, 2.45) is 5.92 Å². The monoisotopic (exact) mass is 295 g/mol. The van der Waals surface area contributed by atoms with Crippen LogP contribution in [0.2, 0.25) is 5.02 Å². The molecule has 1 aromatic heterocycles. The van der Waals surface area contributed by atoms with Gasteiger partial charge in [0.1, 0.15) is 0 Å². The molecule has 0 saturated heterocycles. The first-order chi connectivity index (χ1) is 6.56. The van der Waals surface area contributed by atoms with E-state index in [0.29, 0.717) is 12.0 Å². The molecule has 1 atom stereocenters. The predicted molar refractivity (Wildman–Crippen MR) is 68.3 cm³/mol. The minimum Gasteiger partial charge on any atom is -0.309 e. The van der Waals surface area contributed by atoms with Gasteiger partial charge in [0.15, 0.2) is 0 Å². The van der Waals surface area contributed by atoms with E-state index in [4.69, 9.17) is 11.6 Å². The molecule has 80 valence electrons. The van der Waals surface area contributed by atoms with Crippen LogP contribution >= 0.6 is 38.9 Å². The molecular weight excluding hydrogens is 282 g/mol. The van der Waals surface area contributed by atoms with Gasteiger partial charge in [-0.05, 0) is 34.5 Å². The van der Waals surface area contributed by atoms with Crippen molar-refractivity contribution in [1.82, 2.24) is 5.32 Å². The molecular formula is C10H15BrClNS. The first-order valence-corrected chi connectivity index (χ1v) is 6.73. The lowest BCUT2D eigenvalue weighted by molar-refractivity contribution is 0.428. The summed E-state index contributed by atoms with van der Waals surface area (Å²) in [4.78, 5) is 1.30. The topological polar surface area (TPSA) is 12.0 Å². The second kappa shape index (κ2) is 5.50.